The van der Waals surface area contributed by atoms with Crippen LogP contribution in [-0.2, 0) is 26.0 Å². The summed E-state index contributed by atoms with van der Waals surface area (Å²) in [6.45, 7) is 6.32. The topological polar surface area (TPSA) is 86.8 Å². The largest absolute Gasteiger partial charge is 0.352 e. The van der Waals surface area contributed by atoms with E-state index in [9.17, 15) is 18.0 Å². The van der Waals surface area contributed by atoms with E-state index in [2.05, 4.69) is 5.32 Å². The van der Waals surface area contributed by atoms with E-state index in [-0.39, 0.29) is 35.7 Å². The Morgan fingerprint density at radius 2 is 1.53 bits per heavy atom. The van der Waals surface area contributed by atoms with Crippen molar-refractivity contribution >= 4 is 21.8 Å². The molecule has 0 heterocycles. The third kappa shape index (κ3) is 7.95. The molecule has 0 saturated heterocycles. The Labute approximate surface area is 204 Å². The van der Waals surface area contributed by atoms with Gasteiger partial charge in [0, 0.05) is 32.6 Å². The van der Waals surface area contributed by atoms with Crippen LogP contribution in [0.25, 0.3) is 0 Å². The molecule has 0 radical (unpaired) electrons. The minimum absolute atomic E-state index is 0.0236. The molecule has 34 heavy (non-hydrogen) atoms. The number of hydrogen-bond donors (Lipinski definition) is 1. The maximum Gasteiger partial charge on any atom is 0.242 e. The molecule has 0 fully saturated rings. The van der Waals surface area contributed by atoms with Crippen LogP contribution in [0.1, 0.15) is 45.6 Å². The molecule has 186 valence electrons. The van der Waals surface area contributed by atoms with Gasteiger partial charge < -0.3 is 10.2 Å². The maximum absolute atomic E-state index is 13.2. The van der Waals surface area contributed by atoms with Gasteiger partial charge in [-0.15, -0.1) is 0 Å². The highest BCUT2D eigenvalue weighted by Crippen LogP contribution is 2.16. The zero-order chi connectivity index (χ0) is 25.1. The first-order valence-corrected chi connectivity index (χ1v) is 13.3. The van der Waals surface area contributed by atoms with Gasteiger partial charge in [0.1, 0.15) is 6.04 Å². The standard InChI is InChI=1S/C26H37N3O4S/c1-5-24(26(31)27-21(2)3)29(20-18-22-13-8-6-9-14-22)25(30)17-12-19-28(4)34(32,33)23-15-10-7-11-16-23/h6-11,13-16,21,24H,5,12,17-20H2,1-4H3,(H,27,31). The number of benzene rings is 2. The third-order valence-corrected chi connectivity index (χ3v) is 7.49. The third-order valence-electron chi connectivity index (χ3n) is 5.62. The molecule has 1 atom stereocenters. The number of hydrogen-bond acceptors (Lipinski definition) is 4. The molecule has 0 aliphatic rings. The summed E-state index contributed by atoms with van der Waals surface area (Å²) in [4.78, 5) is 27.9. The Morgan fingerprint density at radius 3 is 2.09 bits per heavy atom. The number of nitrogens with one attached hydrogen (secondary N) is 1. The summed E-state index contributed by atoms with van der Waals surface area (Å²) in [5.41, 5.74) is 1.09. The van der Waals surface area contributed by atoms with E-state index in [1.165, 1.54) is 11.4 Å². The van der Waals surface area contributed by atoms with E-state index in [0.29, 0.717) is 25.8 Å². The van der Waals surface area contributed by atoms with E-state index in [1.54, 1.807) is 35.2 Å². The van der Waals surface area contributed by atoms with Crippen LogP contribution in [0.2, 0.25) is 0 Å². The molecule has 0 spiro atoms. The molecule has 0 saturated carbocycles. The monoisotopic (exact) mass is 487 g/mol. The first-order valence-electron chi connectivity index (χ1n) is 11.8. The zero-order valence-corrected chi connectivity index (χ0v) is 21.4. The fourth-order valence-corrected chi connectivity index (χ4v) is 5.00. The average molecular weight is 488 g/mol. The van der Waals surface area contributed by atoms with Crippen LogP contribution in [0.4, 0.5) is 0 Å². The fraction of sp³-hybridized carbons (Fsp3) is 0.462. The molecule has 1 N–H and O–H groups in total. The second-order valence-corrected chi connectivity index (χ2v) is 10.7. The lowest BCUT2D eigenvalue weighted by Crippen LogP contribution is -2.51. The summed E-state index contributed by atoms with van der Waals surface area (Å²) in [7, 11) is -2.09. The van der Waals surface area contributed by atoms with Crippen molar-refractivity contribution < 1.29 is 18.0 Å². The summed E-state index contributed by atoms with van der Waals surface area (Å²) in [6.07, 6.45) is 1.67. The molecule has 2 aromatic rings. The molecular formula is C26H37N3O4S. The number of carbonyl (C=O) groups is 2. The van der Waals surface area contributed by atoms with Crippen LogP contribution in [-0.4, -0.2) is 61.7 Å². The molecule has 0 aliphatic carbocycles. The van der Waals surface area contributed by atoms with Gasteiger partial charge >= 0.3 is 0 Å². The predicted octanol–water partition coefficient (Wildman–Crippen LogP) is 3.46. The Balaban J connectivity index is 2.06. The van der Waals surface area contributed by atoms with Crippen molar-refractivity contribution in [2.45, 2.75) is 63.4 Å². The SMILES string of the molecule is CCC(C(=O)NC(C)C)N(CCc1ccccc1)C(=O)CCCN(C)S(=O)(=O)c1ccccc1. The highest BCUT2D eigenvalue weighted by atomic mass is 32.2. The Morgan fingerprint density at radius 1 is 0.941 bits per heavy atom. The van der Waals surface area contributed by atoms with Gasteiger partial charge in [0.05, 0.1) is 4.90 Å². The Bertz CT molecular complexity index is 1010. The van der Waals surface area contributed by atoms with Crippen molar-refractivity contribution in [2.24, 2.45) is 0 Å². The van der Waals surface area contributed by atoms with Crippen molar-refractivity contribution in [3.8, 4) is 0 Å². The van der Waals surface area contributed by atoms with E-state index in [1.807, 2.05) is 51.1 Å². The lowest BCUT2D eigenvalue weighted by Gasteiger charge is -2.31. The average Bonchev–Trinajstić information content (AvgIpc) is 2.82. The second kappa shape index (κ2) is 13.2. The second-order valence-electron chi connectivity index (χ2n) is 8.65. The lowest BCUT2D eigenvalue weighted by atomic mass is 10.1. The van der Waals surface area contributed by atoms with Crippen LogP contribution in [0, 0.1) is 0 Å². The molecule has 2 amide bonds. The maximum atomic E-state index is 13.2. The normalized spacial score (nSPS) is 12.5. The molecule has 1 unspecified atom stereocenters. The molecular weight excluding hydrogens is 450 g/mol. The lowest BCUT2D eigenvalue weighted by molar-refractivity contribution is -0.141. The summed E-state index contributed by atoms with van der Waals surface area (Å²) >= 11 is 0. The number of nitrogens with zero attached hydrogens (tertiary/aromatic N) is 2. The van der Waals surface area contributed by atoms with Crippen molar-refractivity contribution in [3.63, 3.8) is 0 Å². The first-order chi connectivity index (χ1) is 16.2. The van der Waals surface area contributed by atoms with Crippen LogP contribution in [0.3, 0.4) is 0 Å². The van der Waals surface area contributed by atoms with Gasteiger partial charge in [0.15, 0.2) is 0 Å². The highest BCUT2D eigenvalue weighted by molar-refractivity contribution is 7.89. The quantitative estimate of drug-likeness (QED) is 0.469. The van der Waals surface area contributed by atoms with Crippen LogP contribution in [0.5, 0.6) is 0 Å². The van der Waals surface area contributed by atoms with Gasteiger partial charge in [0.2, 0.25) is 21.8 Å². The molecule has 0 bridgehead atoms. The molecule has 2 aromatic carbocycles. The number of amides is 2. The number of rotatable bonds is 13. The van der Waals surface area contributed by atoms with Gasteiger partial charge in [-0.25, -0.2) is 12.7 Å². The molecule has 2 rings (SSSR count). The molecule has 7 nitrogen and oxygen atoms in total. The predicted molar refractivity (Wildman–Crippen MR) is 135 cm³/mol. The zero-order valence-electron chi connectivity index (χ0n) is 20.6. The van der Waals surface area contributed by atoms with Crippen molar-refractivity contribution in [1.82, 2.24) is 14.5 Å². The van der Waals surface area contributed by atoms with Gasteiger partial charge in [-0.3, -0.25) is 9.59 Å². The highest BCUT2D eigenvalue weighted by Gasteiger charge is 2.28. The van der Waals surface area contributed by atoms with E-state index in [4.69, 9.17) is 0 Å². The fourth-order valence-electron chi connectivity index (χ4n) is 3.77. The van der Waals surface area contributed by atoms with E-state index >= 15 is 0 Å². The summed E-state index contributed by atoms with van der Waals surface area (Å²) in [5.74, 6) is -0.310. The van der Waals surface area contributed by atoms with Gasteiger partial charge in [-0.2, -0.15) is 0 Å². The van der Waals surface area contributed by atoms with Crippen molar-refractivity contribution in [1.29, 1.82) is 0 Å². The molecule has 0 aliphatic heterocycles. The van der Waals surface area contributed by atoms with Gasteiger partial charge in [-0.1, -0.05) is 55.5 Å². The van der Waals surface area contributed by atoms with Crippen molar-refractivity contribution in [2.75, 3.05) is 20.1 Å². The van der Waals surface area contributed by atoms with Gasteiger partial charge in [0.25, 0.3) is 0 Å². The first kappa shape index (κ1) is 27.5. The summed E-state index contributed by atoms with van der Waals surface area (Å²) in [6, 6.07) is 17.5. The molecule has 0 aromatic heterocycles. The van der Waals surface area contributed by atoms with Gasteiger partial charge in [-0.05, 0) is 50.8 Å². The molecule has 8 heteroatoms. The smallest absolute Gasteiger partial charge is 0.242 e. The Hall–Kier alpha value is -2.71. The van der Waals surface area contributed by atoms with Crippen LogP contribution >= 0.6 is 0 Å². The summed E-state index contributed by atoms with van der Waals surface area (Å²) < 4.78 is 26.7. The Kier molecular flexibility index (Phi) is 10.7. The number of carbonyl (C=O) groups excluding carboxylic acids is 2. The number of sulfonamides is 1. The van der Waals surface area contributed by atoms with E-state index < -0.39 is 16.1 Å². The van der Waals surface area contributed by atoms with Crippen LogP contribution in [0.15, 0.2) is 65.6 Å². The van der Waals surface area contributed by atoms with E-state index in [0.717, 1.165) is 5.56 Å². The van der Waals surface area contributed by atoms with Crippen molar-refractivity contribution in [3.05, 3.63) is 66.2 Å². The summed E-state index contributed by atoms with van der Waals surface area (Å²) in [5, 5.41) is 2.92. The van der Waals surface area contributed by atoms with Crippen LogP contribution < -0.4 is 5.32 Å². The minimum atomic E-state index is -3.61. The minimum Gasteiger partial charge on any atom is -0.352 e.